The maximum absolute atomic E-state index is 3.39. The first-order valence-corrected chi connectivity index (χ1v) is 5.00. The van der Waals surface area contributed by atoms with Gasteiger partial charge in [0.25, 0.3) is 0 Å². The number of rotatable bonds is 4. The molecule has 0 aromatic rings. The highest BCUT2D eigenvalue weighted by atomic mass is 14.9. The Balaban J connectivity index is 2.27. The van der Waals surface area contributed by atoms with Crippen LogP contribution in [0.2, 0.25) is 0 Å². The second-order valence-corrected chi connectivity index (χ2v) is 3.75. The third kappa shape index (κ3) is 1.76. The van der Waals surface area contributed by atoms with Gasteiger partial charge in [0.05, 0.1) is 0 Å². The van der Waals surface area contributed by atoms with Gasteiger partial charge in [-0.3, -0.25) is 0 Å². The first-order valence-electron chi connectivity index (χ1n) is 5.00. The molecular weight excluding hydrogens is 134 g/mol. The van der Waals surface area contributed by atoms with Gasteiger partial charge < -0.3 is 5.32 Å². The van der Waals surface area contributed by atoms with Gasteiger partial charge in [-0.15, -0.1) is 0 Å². The Labute approximate surface area is 70.6 Å². The molecule has 0 spiro atoms. The predicted molar refractivity (Wildman–Crippen MR) is 49.6 cm³/mol. The Morgan fingerprint density at radius 2 is 2.09 bits per heavy atom. The molecular formula is C10H21N. The highest BCUT2D eigenvalue weighted by Crippen LogP contribution is 2.39. The molecule has 0 heterocycles. The summed E-state index contributed by atoms with van der Waals surface area (Å²) in [6.45, 7) is 4.61. The third-order valence-corrected chi connectivity index (χ3v) is 3.18. The molecule has 0 radical (unpaired) electrons. The lowest BCUT2D eigenvalue weighted by molar-refractivity contribution is 0.0980. The first kappa shape index (κ1) is 9.05. The first-order chi connectivity index (χ1) is 5.33. The third-order valence-electron chi connectivity index (χ3n) is 3.18. The van der Waals surface area contributed by atoms with Crippen LogP contribution in [0, 0.1) is 11.8 Å². The molecule has 0 saturated heterocycles. The van der Waals surface area contributed by atoms with Gasteiger partial charge in [0, 0.05) is 6.04 Å². The van der Waals surface area contributed by atoms with Gasteiger partial charge in [-0.05, 0) is 25.3 Å². The minimum Gasteiger partial charge on any atom is -0.317 e. The van der Waals surface area contributed by atoms with E-state index in [9.17, 15) is 0 Å². The summed E-state index contributed by atoms with van der Waals surface area (Å²) in [7, 11) is 2.09. The normalized spacial score (nSPS) is 36.8. The highest BCUT2D eigenvalue weighted by Gasteiger charge is 2.37. The summed E-state index contributed by atoms with van der Waals surface area (Å²) in [6.07, 6.45) is 5.58. The zero-order chi connectivity index (χ0) is 8.27. The van der Waals surface area contributed by atoms with Crippen LogP contribution in [-0.2, 0) is 0 Å². The van der Waals surface area contributed by atoms with Crippen molar-refractivity contribution in [2.45, 2.75) is 45.6 Å². The van der Waals surface area contributed by atoms with Crippen LogP contribution in [0.25, 0.3) is 0 Å². The summed E-state index contributed by atoms with van der Waals surface area (Å²) in [5.74, 6) is 2.00. The molecule has 66 valence electrons. The molecule has 0 aromatic carbocycles. The number of hydrogen-bond acceptors (Lipinski definition) is 1. The summed E-state index contributed by atoms with van der Waals surface area (Å²) >= 11 is 0. The van der Waals surface area contributed by atoms with Gasteiger partial charge in [0.15, 0.2) is 0 Å². The standard InChI is InChI=1S/C10H21N/c1-4-6-8-7-10(11-3)9(8)5-2/h8-11H,4-7H2,1-3H3. The average molecular weight is 155 g/mol. The van der Waals surface area contributed by atoms with Gasteiger partial charge >= 0.3 is 0 Å². The monoisotopic (exact) mass is 155 g/mol. The Kier molecular flexibility index (Phi) is 3.38. The summed E-state index contributed by atoms with van der Waals surface area (Å²) in [5.41, 5.74) is 0. The fraction of sp³-hybridized carbons (Fsp3) is 1.00. The molecule has 1 aliphatic carbocycles. The van der Waals surface area contributed by atoms with Crippen LogP contribution in [0.5, 0.6) is 0 Å². The molecule has 3 atom stereocenters. The molecule has 0 aromatic heterocycles. The summed E-state index contributed by atoms with van der Waals surface area (Å²) in [6, 6.07) is 0.830. The molecule has 3 unspecified atom stereocenters. The molecule has 1 saturated carbocycles. The molecule has 1 aliphatic rings. The second kappa shape index (κ2) is 4.10. The highest BCUT2D eigenvalue weighted by molar-refractivity contribution is 4.92. The smallest absolute Gasteiger partial charge is 0.00976 e. The van der Waals surface area contributed by atoms with Crippen molar-refractivity contribution >= 4 is 0 Å². The van der Waals surface area contributed by atoms with Crippen molar-refractivity contribution in [2.24, 2.45) is 11.8 Å². The molecule has 1 fully saturated rings. The van der Waals surface area contributed by atoms with Gasteiger partial charge in [-0.25, -0.2) is 0 Å². The molecule has 0 bridgehead atoms. The molecule has 0 aliphatic heterocycles. The van der Waals surface area contributed by atoms with E-state index in [-0.39, 0.29) is 0 Å². The van der Waals surface area contributed by atoms with Crippen molar-refractivity contribution in [1.82, 2.24) is 5.32 Å². The molecule has 0 amide bonds. The van der Waals surface area contributed by atoms with E-state index in [0.29, 0.717) is 0 Å². The maximum atomic E-state index is 3.39. The van der Waals surface area contributed by atoms with Crippen LogP contribution in [0.3, 0.4) is 0 Å². The Morgan fingerprint density at radius 3 is 2.55 bits per heavy atom. The van der Waals surface area contributed by atoms with Crippen LogP contribution in [0.1, 0.15) is 39.5 Å². The lowest BCUT2D eigenvalue weighted by atomic mass is 9.66. The van der Waals surface area contributed by atoms with Crippen molar-refractivity contribution in [2.75, 3.05) is 7.05 Å². The molecule has 1 heteroatoms. The lowest BCUT2D eigenvalue weighted by Crippen LogP contribution is -2.48. The van der Waals surface area contributed by atoms with Gasteiger partial charge in [-0.2, -0.15) is 0 Å². The zero-order valence-corrected chi connectivity index (χ0v) is 8.06. The van der Waals surface area contributed by atoms with E-state index in [1.54, 1.807) is 0 Å². The van der Waals surface area contributed by atoms with Crippen molar-refractivity contribution in [3.05, 3.63) is 0 Å². The van der Waals surface area contributed by atoms with Crippen LogP contribution in [0.4, 0.5) is 0 Å². The number of nitrogens with one attached hydrogen (secondary N) is 1. The van der Waals surface area contributed by atoms with Crippen LogP contribution < -0.4 is 5.32 Å². The predicted octanol–water partition coefficient (Wildman–Crippen LogP) is 2.42. The molecule has 1 N–H and O–H groups in total. The van der Waals surface area contributed by atoms with E-state index in [4.69, 9.17) is 0 Å². The van der Waals surface area contributed by atoms with Crippen LogP contribution in [0.15, 0.2) is 0 Å². The van der Waals surface area contributed by atoms with Crippen molar-refractivity contribution in [3.8, 4) is 0 Å². The van der Waals surface area contributed by atoms with Gasteiger partial charge in [0.2, 0.25) is 0 Å². The van der Waals surface area contributed by atoms with E-state index in [0.717, 1.165) is 17.9 Å². The van der Waals surface area contributed by atoms with Gasteiger partial charge in [0.1, 0.15) is 0 Å². The Hall–Kier alpha value is -0.0400. The van der Waals surface area contributed by atoms with Crippen molar-refractivity contribution in [3.63, 3.8) is 0 Å². The quantitative estimate of drug-likeness (QED) is 0.657. The van der Waals surface area contributed by atoms with E-state index in [1.807, 2.05) is 0 Å². The van der Waals surface area contributed by atoms with Crippen LogP contribution >= 0.6 is 0 Å². The fourth-order valence-corrected chi connectivity index (χ4v) is 2.46. The number of hydrogen-bond donors (Lipinski definition) is 1. The molecule has 11 heavy (non-hydrogen) atoms. The SMILES string of the molecule is CCCC1CC(NC)C1CC. The lowest BCUT2D eigenvalue weighted by Gasteiger charge is -2.44. The fourth-order valence-electron chi connectivity index (χ4n) is 2.46. The minimum atomic E-state index is 0.830. The van der Waals surface area contributed by atoms with Crippen molar-refractivity contribution < 1.29 is 0 Å². The summed E-state index contributed by atoms with van der Waals surface area (Å²) in [5, 5.41) is 3.39. The molecule has 1 rings (SSSR count). The Bertz CT molecular complexity index is 111. The topological polar surface area (TPSA) is 12.0 Å². The Morgan fingerprint density at radius 1 is 1.36 bits per heavy atom. The zero-order valence-electron chi connectivity index (χ0n) is 8.06. The maximum Gasteiger partial charge on any atom is 0.00976 e. The van der Waals surface area contributed by atoms with Crippen molar-refractivity contribution in [1.29, 1.82) is 0 Å². The van der Waals surface area contributed by atoms with Crippen LogP contribution in [-0.4, -0.2) is 13.1 Å². The van der Waals surface area contributed by atoms with E-state index >= 15 is 0 Å². The average Bonchev–Trinajstić information content (AvgIpc) is 1.98. The largest absolute Gasteiger partial charge is 0.317 e. The van der Waals surface area contributed by atoms with E-state index in [1.165, 1.54) is 25.7 Å². The minimum absolute atomic E-state index is 0.830. The molecule has 1 nitrogen and oxygen atoms in total. The van der Waals surface area contributed by atoms with Gasteiger partial charge in [-0.1, -0.05) is 33.1 Å². The summed E-state index contributed by atoms with van der Waals surface area (Å²) < 4.78 is 0. The summed E-state index contributed by atoms with van der Waals surface area (Å²) in [4.78, 5) is 0. The van der Waals surface area contributed by atoms with E-state index in [2.05, 4.69) is 26.2 Å². The van der Waals surface area contributed by atoms with E-state index < -0.39 is 0 Å². The second-order valence-electron chi connectivity index (χ2n) is 3.75.